The number of hydrogen-bond donors (Lipinski definition) is 3. The van der Waals surface area contributed by atoms with Crippen molar-refractivity contribution in [3.8, 4) is 5.75 Å². The van der Waals surface area contributed by atoms with Crippen LogP contribution in [-0.2, 0) is 21.0 Å². The Morgan fingerprint density at radius 2 is 1.70 bits per heavy atom. The molecule has 0 saturated carbocycles. The highest BCUT2D eigenvalue weighted by molar-refractivity contribution is 8.00. The van der Waals surface area contributed by atoms with Crippen molar-refractivity contribution in [1.29, 1.82) is 0 Å². The molecule has 0 unspecified atom stereocenters. The molecule has 0 aliphatic rings. The Hall–Kier alpha value is -2.92. The van der Waals surface area contributed by atoms with Gasteiger partial charge in [-0.2, -0.15) is 13.2 Å². The first-order valence-corrected chi connectivity index (χ1v) is 10.8. The number of benzene rings is 3. The minimum absolute atomic E-state index is 0.00583. The zero-order valence-corrected chi connectivity index (χ0v) is 16.6. The molecular formula is C19H14F3NO5S2. The lowest BCUT2D eigenvalue weighted by molar-refractivity contribution is -0.137. The third-order valence-electron chi connectivity index (χ3n) is 4.05. The number of sulfonamides is 1. The Bertz CT molecular complexity index is 1230. The molecule has 0 aliphatic heterocycles. The maximum atomic E-state index is 12.9. The maximum absolute atomic E-state index is 12.9. The normalized spacial score (nSPS) is 12.1. The second kappa shape index (κ2) is 8.07. The van der Waals surface area contributed by atoms with Crippen molar-refractivity contribution >= 4 is 44.2 Å². The lowest BCUT2D eigenvalue weighted by atomic mass is 10.1. The second-order valence-electron chi connectivity index (χ2n) is 6.13. The van der Waals surface area contributed by atoms with Crippen molar-refractivity contribution in [1.82, 2.24) is 0 Å². The Balaban J connectivity index is 2.08. The molecule has 6 nitrogen and oxygen atoms in total. The van der Waals surface area contributed by atoms with E-state index >= 15 is 0 Å². The van der Waals surface area contributed by atoms with Crippen molar-refractivity contribution in [2.75, 3.05) is 10.5 Å². The van der Waals surface area contributed by atoms with Crippen molar-refractivity contribution < 1.29 is 36.6 Å². The van der Waals surface area contributed by atoms with Crippen molar-refractivity contribution in [2.24, 2.45) is 0 Å². The number of aliphatic carboxylic acids is 1. The van der Waals surface area contributed by atoms with E-state index in [1.165, 1.54) is 18.2 Å². The number of carbonyl (C=O) groups is 1. The van der Waals surface area contributed by atoms with Crippen LogP contribution in [0.25, 0.3) is 10.8 Å². The Morgan fingerprint density at radius 3 is 2.33 bits per heavy atom. The van der Waals surface area contributed by atoms with Crippen LogP contribution >= 0.6 is 11.8 Å². The van der Waals surface area contributed by atoms with E-state index in [4.69, 9.17) is 5.11 Å². The first-order chi connectivity index (χ1) is 14.0. The summed E-state index contributed by atoms with van der Waals surface area (Å²) in [5.41, 5.74) is -1.12. The molecule has 3 N–H and O–H groups in total. The Kier molecular flexibility index (Phi) is 5.86. The zero-order chi connectivity index (χ0) is 22.1. The minimum atomic E-state index is -4.71. The number of aromatic hydroxyl groups is 1. The number of hydrogen-bond acceptors (Lipinski definition) is 5. The number of rotatable bonds is 6. The topological polar surface area (TPSA) is 104 Å². The van der Waals surface area contributed by atoms with Crippen LogP contribution in [0.5, 0.6) is 5.75 Å². The third-order valence-corrected chi connectivity index (χ3v) is 6.42. The zero-order valence-electron chi connectivity index (χ0n) is 15.0. The summed E-state index contributed by atoms with van der Waals surface area (Å²) in [5, 5.41) is 19.8. The molecular weight excluding hydrogens is 443 g/mol. The van der Waals surface area contributed by atoms with Gasteiger partial charge in [0.2, 0.25) is 0 Å². The third kappa shape index (κ3) is 4.62. The molecule has 0 atom stereocenters. The summed E-state index contributed by atoms with van der Waals surface area (Å²) in [6, 6.07) is 10.8. The number of anilines is 1. The van der Waals surface area contributed by atoms with Crippen molar-refractivity contribution in [2.45, 2.75) is 16.0 Å². The smallest absolute Gasteiger partial charge is 0.416 e. The number of phenolic OH excluding ortho intramolecular Hbond substituents is 1. The van der Waals surface area contributed by atoms with Crippen LogP contribution in [0.4, 0.5) is 18.9 Å². The van der Waals surface area contributed by atoms with Gasteiger partial charge in [-0.05, 0) is 24.3 Å². The largest absolute Gasteiger partial charge is 0.506 e. The fraction of sp³-hybridized carbons (Fsp3) is 0.105. The quantitative estimate of drug-likeness (QED) is 0.371. The monoisotopic (exact) mass is 457 g/mol. The van der Waals surface area contributed by atoms with Gasteiger partial charge in [0.25, 0.3) is 10.0 Å². The summed E-state index contributed by atoms with van der Waals surface area (Å²) in [4.78, 5) is 10.4. The first-order valence-electron chi connectivity index (χ1n) is 8.28. The number of phenols is 1. The standard InChI is InChI=1S/C19H14F3NO5S2/c20-19(21,22)11-4-3-5-12(8-11)30(27,28)23-15-9-16(29-10-17(24)25)18(26)14-7-2-1-6-13(14)15/h1-9,23,26H,10H2,(H,24,25). The van der Waals surface area contributed by atoms with E-state index in [2.05, 4.69) is 4.72 Å². The van der Waals surface area contributed by atoms with Gasteiger partial charge in [0.05, 0.1) is 26.8 Å². The summed E-state index contributed by atoms with van der Waals surface area (Å²) in [7, 11) is -4.41. The van der Waals surface area contributed by atoms with Crippen molar-refractivity contribution in [3.05, 3.63) is 60.2 Å². The van der Waals surface area contributed by atoms with Gasteiger partial charge in [-0.1, -0.05) is 30.3 Å². The lowest BCUT2D eigenvalue weighted by Gasteiger charge is -2.15. The molecule has 0 amide bonds. The maximum Gasteiger partial charge on any atom is 0.416 e. The van der Waals surface area contributed by atoms with Gasteiger partial charge in [-0.25, -0.2) is 8.42 Å². The molecule has 3 aromatic rings. The molecule has 0 aliphatic carbocycles. The lowest BCUT2D eigenvalue weighted by Crippen LogP contribution is -2.15. The van der Waals surface area contributed by atoms with Gasteiger partial charge < -0.3 is 10.2 Å². The molecule has 0 bridgehead atoms. The van der Waals surface area contributed by atoms with Gasteiger partial charge in [-0.15, -0.1) is 11.8 Å². The average molecular weight is 457 g/mol. The summed E-state index contributed by atoms with van der Waals surface area (Å²) >= 11 is 0.779. The van der Waals surface area contributed by atoms with Crippen LogP contribution in [0.15, 0.2) is 64.4 Å². The molecule has 0 fully saturated rings. The molecule has 0 heterocycles. The van der Waals surface area contributed by atoms with Crippen LogP contribution in [0.3, 0.4) is 0 Å². The van der Waals surface area contributed by atoms with E-state index in [1.807, 2.05) is 0 Å². The number of thioether (sulfide) groups is 1. The van der Waals surface area contributed by atoms with Gasteiger partial charge in [0.15, 0.2) is 0 Å². The van der Waals surface area contributed by atoms with E-state index in [9.17, 15) is 31.5 Å². The second-order valence-corrected chi connectivity index (χ2v) is 8.83. The first kappa shape index (κ1) is 21.8. The van der Waals surface area contributed by atoms with E-state index in [0.717, 1.165) is 30.0 Å². The van der Waals surface area contributed by atoms with E-state index in [-0.39, 0.29) is 27.5 Å². The van der Waals surface area contributed by atoms with Crippen LogP contribution in [0, 0.1) is 0 Å². The summed E-state index contributed by atoms with van der Waals surface area (Å²) in [5.74, 6) is -1.75. The molecule has 30 heavy (non-hydrogen) atoms. The van der Waals surface area contributed by atoms with Gasteiger partial charge >= 0.3 is 12.1 Å². The number of carboxylic acids is 1. The molecule has 0 spiro atoms. The van der Waals surface area contributed by atoms with Gasteiger partial charge in [0.1, 0.15) is 5.75 Å². The molecule has 0 saturated heterocycles. The Labute approximate surface area is 173 Å². The van der Waals surface area contributed by atoms with Crippen LogP contribution in [0.1, 0.15) is 5.56 Å². The number of nitrogens with one attached hydrogen (secondary N) is 1. The summed E-state index contributed by atoms with van der Waals surface area (Å²) < 4.78 is 66.6. The average Bonchev–Trinajstić information content (AvgIpc) is 2.68. The Morgan fingerprint density at radius 1 is 1.03 bits per heavy atom. The van der Waals surface area contributed by atoms with Crippen molar-refractivity contribution in [3.63, 3.8) is 0 Å². The fourth-order valence-corrected chi connectivity index (χ4v) is 4.55. The fourth-order valence-electron chi connectivity index (χ4n) is 2.71. The number of halogens is 3. The molecule has 3 aromatic carbocycles. The van der Waals surface area contributed by atoms with Gasteiger partial charge in [0, 0.05) is 10.8 Å². The molecule has 3 rings (SSSR count). The van der Waals surface area contributed by atoms with Gasteiger partial charge in [-0.3, -0.25) is 9.52 Å². The molecule has 158 valence electrons. The summed E-state index contributed by atoms with van der Waals surface area (Å²) in [6.07, 6.45) is -4.71. The van der Waals surface area contributed by atoms with Crippen LogP contribution in [-0.4, -0.2) is 30.4 Å². The van der Waals surface area contributed by atoms with E-state index in [0.29, 0.717) is 11.5 Å². The number of fused-ring (bicyclic) bond motifs is 1. The molecule has 0 aromatic heterocycles. The minimum Gasteiger partial charge on any atom is -0.506 e. The highest BCUT2D eigenvalue weighted by atomic mass is 32.2. The SMILES string of the molecule is O=C(O)CSc1cc(NS(=O)(=O)c2cccc(C(F)(F)F)c2)c2ccccc2c1O. The van der Waals surface area contributed by atoms with Crippen LogP contribution in [0.2, 0.25) is 0 Å². The van der Waals surface area contributed by atoms with Crippen LogP contribution < -0.4 is 4.72 Å². The highest BCUT2D eigenvalue weighted by Gasteiger charge is 2.31. The highest BCUT2D eigenvalue weighted by Crippen LogP contribution is 2.40. The number of alkyl halides is 3. The molecule has 11 heteroatoms. The predicted octanol–water partition coefficient (Wildman–Crippen LogP) is 4.54. The molecule has 0 radical (unpaired) electrons. The summed E-state index contributed by atoms with van der Waals surface area (Å²) in [6.45, 7) is 0. The van der Waals surface area contributed by atoms with E-state index < -0.39 is 32.6 Å². The van der Waals surface area contributed by atoms with E-state index in [1.54, 1.807) is 12.1 Å². The predicted molar refractivity (Wildman–Crippen MR) is 106 cm³/mol. The number of carboxylic acid groups (broad SMARTS) is 1.